The Morgan fingerprint density at radius 2 is 1.94 bits per heavy atom. The lowest BCUT2D eigenvalue weighted by atomic mass is 10.00. The highest BCUT2D eigenvalue weighted by molar-refractivity contribution is 6.74. The maximum absolute atomic E-state index is 6.01. The van der Waals surface area contributed by atoms with Gasteiger partial charge in [0.1, 0.15) is 0 Å². The van der Waals surface area contributed by atoms with E-state index in [4.69, 9.17) is 4.43 Å². The van der Waals surface area contributed by atoms with Crippen LogP contribution < -0.4 is 0 Å². The van der Waals surface area contributed by atoms with Crippen molar-refractivity contribution >= 4 is 8.32 Å². The molecule has 0 fully saturated rings. The fraction of sp³-hybridized carbons (Fsp3) is 0.714. The highest BCUT2D eigenvalue weighted by Crippen LogP contribution is 2.36. The summed E-state index contributed by atoms with van der Waals surface area (Å²) in [4.78, 5) is 0. The van der Waals surface area contributed by atoms with E-state index in [0.717, 1.165) is 0 Å². The van der Waals surface area contributed by atoms with Crippen molar-refractivity contribution in [2.24, 2.45) is 0 Å². The molecule has 0 N–H and O–H groups in total. The van der Waals surface area contributed by atoms with Crippen LogP contribution in [0.5, 0.6) is 0 Å². The van der Waals surface area contributed by atoms with Crippen LogP contribution in [-0.2, 0) is 4.43 Å². The molecule has 0 aromatic heterocycles. The Morgan fingerprint density at radius 3 is 2.44 bits per heavy atom. The molecule has 0 saturated carbocycles. The van der Waals surface area contributed by atoms with Crippen molar-refractivity contribution in [3.05, 3.63) is 24.0 Å². The molecule has 0 atom stereocenters. The van der Waals surface area contributed by atoms with E-state index in [0.29, 0.717) is 0 Å². The van der Waals surface area contributed by atoms with Gasteiger partial charge >= 0.3 is 0 Å². The maximum Gasteiger partial charge on any atom is 0.249 e. The third kappa shape index (κ3) is 3.82. The zero-order valence-corrected chi connectivity index (χ0v) is 12.5. The molecule has 0 aliphatic heterocycles. The van der Waals surface area contributed by atoms with Crippen molar-refractivity contribution in [1.82, 2.24) is 0 Å². The first-order valence-corrected chi connectivity index (χ1v) is 9.27. The van der Waals surface area contributed by atoms with Crippen LogP contribution in [0.2, 0.25) is 18.1 Å². The minimum Gasteiger partial charge on any atom is -0.549 e. The molecule has 0 spiro atoms. The molecule has 16 heavy (non-hydrogen) atoms. The van der Waals surface area contributed by atoms with Crippen LogP contribution in [0.25, 0.3) is 0 Å². The molecular formula is C14H26OSi. The molecule has 1 rings (SSSR count). The highest BCUT2D eigenvalue weighted by Gasteiger charge is 2.37. The van der Waals surface area contributed by atoms with Crippen LogP contribution in [-0.4, -0.2) is 8.32 Å². The maximum atomic E-state index is 6.01. The molecule has 0 unspecified atom stereocenters. The van der Waals surface area contributed by atoms with Crippen molar-refractivity contribution in [2.45, 2.75) is 64.6 Å². The van der Waals surface area contributed by atoms with Crippen LogP contribution in [0.3, 0.4) is 0 Å². The molecule has 0 amide bonds. The summed E-state index contributed by atoms with van der Waals surface area (Å²) in [5, 5.41) is 0.290. The van der Waals surface area contributed by atoms with Gasteiger partial charge in [0.25, 0.3) is 0 Å². The van der Waals surface area contributed by atoms with Gasteiger partial charge in [-0.1, -0.05) is 26.8 Å². The molecule has 0 aromatic carbocycles. The topological polar surface area (TPSA) is 9.23 Å². The lowest BCUT2D eigenvalue weighted by Crippen LogP contribution is -2.39. The minimum absolute atomic E-state index is 0.290. The van der Waals surface area contributed by atoms with Gasteiger partial charge in [0.2, 0.25) is 8.32 Å². The molecule has 0 heterocycles. The second-order valence-corrected chi connectivity index (χ2v) is 11.0. The Bertz CT molecular complexity index is 282. The Hall–Kier alpha value is -0.503. The van der Waals surface area contributed by atoms with E-state index in [1.807, 2.05) is 6.26 Å². The molecule has 1 aliphatic rings. The monoisotopic (exact) mass is 238 g/mol. The predicted molar refractivity (Wildman–Crippen MR) is 74.0 cm³/mol. The molecule has 0 saturated heterocycles. The Balaban J connectivity index is 2.50. The van der Waals surface area contributed by atoms with Gasteiger partial charge in [-0.05, 0) is 55.5 Å². The summed E-state index contributed by atoms with van der Waals surface area (Å²) in [7, 11) is -1.60. The summed E-state index contributed by atoms with van der Waals surface area (Å²) >= 11 is 0. The summed E-state index contributed by atoms with van der Waals surface area (Å²) in [5.41, 5.74) is 1.45. The summed E-state index contributed by atoms with van der Waals surface area (Å²) in [6, 6.07) is 0. The third-order valence-electron chi connectivity index (χ3n) is 3.78. The second-order valence-electron chi connectivity index (χ2n) is 6.21. The van der Waals surface area contributed by atoms with Crippen LogP contribution in [0.15, 0.2) is 24.0 Å². The van der Waals surface area contributed by atoms with Gasteiger partial charge in [-0.3, -0.25) is 0 Å². The van der Waals surface area contributed by atoms with Gasteiger partial charge in [-0.2, -0.15) is 0 Å². The van der Waals surface area contributed by atoms with Gasteiger partial charge in [-0.25, -0.2) is 0 Å². The third-order valence-corrected chi connectivity index (χ3v) is 8.11. The Kier molecular flexibility index (Phi) is 4.42. The fourth-order valence-corrected chi connectivity index (χ4v) is 2.24. The van der Waals surface area contributed by atoms with Crippen LogP contribution in [0.4, 0.5) is 0 Å². The number of rotatable bonds is 3. The number of allylic oxidation sites excluding steroid dienone is 3. The number of hydrogen-bond donors (Lipinski definition) is 0. The van der Waals surface area contributed by atoms with Crippen molar-refractivity contribution in [3.8, 4) is 0 Å². The van der Waals surface area contributed by atoms with Gasteiger partial charge in [-0.15, -0.1) is 0 Å². The molecule has 0 bridgehead atoms. The summed E-state index contributed by atoms with van der Waals surface area (Å²) in [5.74, 6) is 0. The van der Waals surface area contributed by atoms with Crippen molar-refractivity contribution in [3.63, 3.8) is 0 Å². The molecule has 0 radical (unpaired) electrons. The molecule has 92 valence electrons. The van der Waals surface area contributed by atoms with Gasteiger partial charge < -0.3 is 4.43 Å². The SMILES string of the molecule is CC(C)(C)[Si](C)(C)O/C=C/C1=CCCCC1. The highest BCUT2D eigenvalue weighted by atomic mass is 28.4. The van der Waals surface area contributed by atoms with Gasteiger partial charge in [0.05, 0.1) is 6.26 Å². The first-order valence-electron chi connectivity index (χ1n) is 6.36. The molecule has 1 aliphatic carbocycles. The Morgan fingerprint density at radius 1 is 1.25 bits per heavy atom. The quantitative estimate of drug-likeness (QED) is 0.495. The van der Waals surface area contributed by atoms with E-state index in [1.165, 1.54) is 31.3 Å². The lowest BCUT2D eigenvalue weighted by molar-refractivity contribution is 0.429. The van der Waals surface area contributed by atoms with Crippen molar-refractivity contribution in [1.29, 1.82) is 0 Å². The van der Waals surface area contributed by atoms with E-state index in [1.54, 1.807) is 0 Å². The summed E-state index contributed by atoms with van der Waals surface area (Å²) in [6.07, 6.45) is 11.6. The van der Waals surface area contributed by atoms with E-state index < -0.39 is 8.32 Å². The average Bonchev–Trinajstić information content (AvgIpc) is 2.17. The normalized spacial score (nSPS) is 18.7. The zero-order chi connectivity index (χ0) is 12.2. The number of hydrogen-bond acceptors (Lipinski definition) is 1. The lowest BCUT2D eigenvalue weighted by Gasteiger charge is -2.35. The molecule has 2 heteroatoms. The summed E-state index contributed by atoms with van der Waals surface area (Å²) < 4.78 is 6.01. The predicted octanol–water partition coefficient (Wildman–Crippen LogP) is 5.02. The second kappa shape index (κ2) is 5.22. The largest absolute Gasteiger partial charge is 0.549 e. The van der Waals surface area contributed by atoms with Crippen molar-refractivity contribution in [2.75, 3.05) is 0 Å². The standard InChI is InChI=1S/C14H26OSi/c1-14(2,3)16(4,5)15-12-11-13-9-7-6-8-10-13/h9,11-12H,6-8,10H2,1-5H3/b12-11+. The average molecular weight is 238 g/mol. The van der Waals surface area contributed by atoms with Crippen LogP contribution >= 0.6 is 0 Å². The smallest absolute Gasteiger partial charge is 0.249 e. The zero-order valence-electron chi connectivity index (χ0n) is 11.5. The molecule has 0 aromatic rings. The van der Waals surface area contributed by atoms with Crippen LogP contribution in [0.1, 0.15) is 46.5 Å². The first kappa shape index (κ1) is 13.6. The molecular weight excluding hydrogens is 212 g/mol. The fourth-order valence-electron chi connectivity index (χ4n) is 1.48. The summed E-state index contributed by atoms with van der Waals surface area (Å²) in [6.45, 7) is 11.4. The van der Waals surface area contributed by atoms with E-state index in [2.05, 4.69) is 46.0 Å². The van der Waals surface area contributed by atoms with Gasteiger partial charge in [0, 0.05) is 0 Å². The van der Waals surface area contributed by atoms with Crippen molar-refractivity contribution < 1.29 is 4.43 Å². The molecule has 1 nitrogen and oxygen atoms in total. The van der Waals surface area contributed by atoms with E-state index >= 15 is 0 Å². The van der Waals surface area contributed by atoms with Crippen LogP contribution in [0, 0.1) is 0 Å². The minimum atomic E-state index is -1.60. The Labute approximate surface area is 102 Å². The first-order chi connectivity index (χ1) is 7.33. The van der Waals surface area contributed by atoms with E-state index in [9.17, 15) is 0 Å². The van der Waals surface area contributed by atoms with E-state index in [-0.39, 0.29) is 5.04 Å². The van der Waals surface area contributed by atoms with Gasteiger partial charge in [0.15, 0.2) is 0 Å².